The van der Waals surface area contributed by atoms with Gasteiger partial charge in [-0.1, -0.05) is 0 Å². The molecule has 0 aromatic carbocycles. The Kier molecular flexibility index (Phi) is 3.52. The molecule has 3 rings (SSSR count). The van der Waals surface area contributed by atoms with Crippen molar-refractivity contribution in [3.8, 4) is 0 Å². The summed E-state index contributed by atoms with van der Waals surface area (Å²) in [6, 6.07) is 0. The number of aromatic nitrogens is 4. The predicted octanol–water partition coefficient (Wildman–Crippen LogP) is -3.52. The van der Waals surface area contributed by atoms with Gasteiger partial charge < -0.3 is 25.2 Å². The first kappa shape index (κ1) is 15.4. The predicted molar refractivity (Wildman–Crippen MR) is 70.5 cm³/mol. The Bertz CT molecular complexity index is 869. The van der Waals surface area contributed by atoms with Gasteiger partial charge in [-0.05, 0) is 0 Å². The molecular formula is C11H12N4O8. The molecule has 0 radical (unpaired) electrons. The molecule has 1 aliphatic heterocycles. The number of aliphatic carboxylic acids is 1. The number of hydrogen-bond donors (Lipinski definition) is 6. The van der Waals surface area contributed by atoms with Crippen molar-refractivity contribution in [3.63, 3.8) is 0 Å². The molecule has 12 heteroatoms. The van der Waals surface area contributed by atoms with Gasteiger partial charge in [-0.3, -0.25) is 19.3 Å². The summed E-state index contributed by atoms with van der Waals surface area (Å²) in [7, 11) is 0. The third kappa shape index (κ3) is 2.33. The summed E-state index contributed by atoms with van der Waals surface area (Å²) in [6.07, 6.45) is -7.26. The molecule has 2 aromatic rings. The lowest BCUT2D eigenvalue weighted by Gasteiger charge is -2.17. The Morgan fingerprint density at radius 1 is 1.30 bits per heavy atom. The molecule has 1 saturated heterocycles. The first-order valence-electron chi connectivity index (χ1n) is 6.43. The van der Waals surface area contributed by atoms with Crippen molar-refractivity contribution >= 4 is 17.1 Å². The zero-order chi connectivity index (χ0) is 16.9. The standard InChI is InChI=1S/C11H12N4O8/c16-3-4(17)9(23-6(3)5(18)10(20)21)15-1-12-2-7(15)13-11(22)14-8(2)19/h1,3-6,9,16-18H,(H,20,21)(H2,13,14,19,22)/t3?,4?,5?,6-,9+/m1/s1. The fourth-order valence-corrected chi connectivity index (χ4v) is 2.46. The fourth-order valence-electron chi connectivity index (χ4n) is 2.46. The second kappa shape index (κ2) is 5.27. The molecule has 0 saturated carbocycles. The van der Waals surface area contributed by atoms with E-state index in [-0.39, 0.29) is 11.2 Å². The second-order valence-electron chi connectivity index (χ2n) is 5.01. The summed E-state index contributed by atoms with van der Waals surface area (Å²) in [5.74, 6) is -1.64. The van der Waals surface area contributed by atoms with Gasteiger partial charge in [0.25, 0.3) is 5.56 Å². The number of hydrogen-bond acceptors (Lipinski definition) is 8. The van der Waals surface area contributed by atoms with Gasteiger partial charge in [-0.2, -0.15) is 0 Å². The number of fused-ring (bicyclic) bond motifs is 1. The number of imidazole rings is 1. The van der Waals surface area contributed by atoms with Crippen LogP contribution in [0.15, 0.2) is 15.9 Å². The smallest absolute Gasteiger partial charge is 0.335 e. The van der Waals surface area contributed by atoms with Crippen molar-refractivity contribution < 1.29 is 30.0 Å². The lowest BCUT2D eigenvalue weighted by molar-refractivity contribution is -0.160. The molecule has 0 amide bonds. The van der Waals surface area contributed by atoms with Gasteiger partial charge in [-0.25, -0.2) is 14.6 Å². The van der Waals surface area contributed by atoms with E-state index >= 15 is 0 Å². The number of aliphatic hydroxyl groups excluding tert-OH is 3. The largest absolute Gasteiger partial charge is 0.479 e. The maximum absolute atomic E-state index is 11.6. The van der Waals surface area contributed by atoms with Gasteiger partial charge in [0.05, 0.1) is 6.33 Å². The van der Waals surface area contributed by atoms with Crippen LogP contribution in [-0.2, 0) is 9.53 Å². The Morgan fingerprint density at radius 3 is 2.65 bits per heavy atom. The van der Waals surface area contributed by atoms with Crippen molar-refractivity contribution in [2.45, 2.75) is 30.6 Å². The van der Waals surface area contributed by atoms with E-state index in [1.807, 2.05) is 4.98 Å². The minimum Gasteiger partial charge on any atom is -0.479 e. The number of H-pyrrole nitrogens is 2. The van der Waals surface area contributed by atoms with Crippen LogP contribution in [0.2, 0.25) is 0 Å². The minimum atomic E-state index is -2.07. The molecule has 6 N–H and O–H groups in total. The van der Waals surface area contributed by atoms with Gasteiger partial charge in [0.15, 0.2) is 17.8 Å². The number of carbonyl (C=O) groups is 1. The Labute approximate surface area is 125 Å². The summed E-state index contributed by atoms with van der Waals surface area (Å²) in [4.78, 5) is 41.8. The van der Waals surface area contributed by atoms with Crippen molar-refractivity contribution in [1.29, 1.82) is 0 Å². The van der Waals surface area contributed by atoms with Crippen LogP contribution in [0, 0.1) is 0 Å². The van der Waals surface area contributed by atoms with Crippen molar-refractivity contribution in [3.05, 3.63) is 27.2 Å². The number of ether oxygens (including phenoxy) is 1. The maximum atomic E-state index is 11.6. The van der Waals surface area contributed by atoms with Gasteiger partial charge in [-0.15, -0.1) is 0 Å². The van der Waals surface area contributed by atoms with Crippen LogP contribution in [0.3, 0.4) is 0 Å². The monoisotopic (exact) mass is 328 g/mol. The van der Waals surface area contributed by atoms with Crippen molar-refractivity contribution in [2.24, 2.45) is 0 Å². The molecule has 0 bridgehead atoms. The quantitative estimate of drug-likeness (QED) is 0.331. The van der Waals surface area contributed by atoms with Crippen molar-refractivity contribution in [2.75, 3.05) is 0 Å². The van der Waals surface area contributed by atoms with E-state index in [0.717, 1.165) is 10.9 Å². The zero-order valence-corrected chi connectivity index (χ0v) is 11.3. The van der Waals surface area contributed by atoms with Crippen LogP contribution < -0.4 is 11.2 Å². The summed E-state index contributed by atoms with van der Waals surface area (Å²) in [5.41, 5.74) is -1.81. The number of aromatic amines is 2. The summed E-state index contributed by atoms with van der Waals surface area (Å²) >= 11 is 0. The number of rotatable bonds is 3. The van der Waals surface area contributed by atoms with E-state index in [0.29, 0.717) is 0 Å². The van der Waals surface area contributed by atoms with Crippen LogP contribution >= 0.6 is 0 Å². The molecule has 3 heterocycles. The average Bonchev–Trinajstić information content (AvgIpc) is 3.01. The van der Waals surface area contributed by atoms with E-state index in [1.165, 1.54) is 0 Å². The molecule has 2 aromatic heterocycles. The van der Waals surface area contributed by atoms with Gasteiger partial charge in [0, 0.05) is 0 Å². The molecule has 0 aliphatic carbocycles. The third-order valence-electron chi connectivity index (χ3n) is 3.58. The molecule has 0 spiro atoms. The molecule has 5 atom stereocenters. The molecular weight excluding hydrogens is 316 g/mol. The summed E-state index contributed by atoms with van der Waals surface area (Å²) < 4.78 is 6.26. The molecule has 3 unspecified atom stereocenters. The van der Waals surface area contributed by atoms with E-state index < -0.39 is 47.9 Å². The molecule has 23 heavy (non-hydrogen) atoms. The van der Waals surface area contributed by atoms with Gasteiger partial charge >= 0.3 is 11.7 Å². The van der Waals surface area contributed by atoms with Crippen LogP contribution in [0.1, 0.15) is 6.23 Å². The van der Waals surface area contributed by atoms with Crippen LogP contribution in [0.5, 0.6) is 0 Å². The number of aliphatic hydroxyl groups is 3. The third-order valence-corrected chi connectivity index (χ3v) is 3.58. The number of carboxylic acids is 1. The highest BCUT2D eigenvalue weighted by molar-refractivity contribution is 5.73. The average molecular weight is 328 g/mol. The van der Waals surface area contributed by atoms with E-state index in [9.17, 15) is 29.7 Å². The summed E-state index contributed by atoms with van der Waals surface area (Å²) in [5, 5.41) is 38.1. The van der Waals surface area contributed by atoms with E-state index in [2.05, 4.69) is 9.97 Å². The maximum Gasteiger partial charge on any atom is 0.335 e. The number of carboxylic acid groups (broad SMARTS) is 1. The highest BCUT2D eigenvalue weighted by Gasteiger charge is 2.49. The molecule has 124 valence electrons. The topological polar surface area (TPSA) is 191 Å². The molecule has 1 aliphatic rings. The molecule has 1 fully saturated rings. The van der Waals surface area contributed by atoms with Crippen LogP contribution in [-0.4, -0.2) is 70.3 Å². The Morgan fingerprint density at radius 2 is 2.00 bits per heavy atom. The molecule has 12 nitrogen and oxygen atoms in total. The first-order chi connectivity index (χ1) is 10.8. The summed E-state index contributed by atoms with van der Waals surface area (Å²) in [6.45, 7) is 0. The number of nitrogens with zero attached hydrogens (tertiary/aromatic N) is 2. The SMILES string of the molecule is O=C(O)C(O)[C@@H]1O[C@H](n2cnc3c(=O)[nH]c(=O)[nH]c32)C(O)C1O. The second-order valence-corrected chi connectivity index (χ2v) is 5.01. The zero-order valence-electron chi connectivity index (χ0n) is 11.3. The van der Waals surface area contributed by atoms with Crippen LogP contribution in [0.25, 0.3) is 11.2 Å². The van der Waals surface area contributed by atoms with E-state index in [4.69, 9.17) is 9.84 Å². The highest BCUT2D eigenvalue weighted by Crippen LogP contribution is 2.32. The number of nitrogens with one attached hydrogen (secondary N) is 2. The first-order valence-corrected chi connectivity index (χ1v) is 6.43. The fraction of sp³-hybridized carbons (Fsp3) is 0.455. The lowest BCUT2D eigenvalue weighted by Crippen LogP contribution is -2.42. The Hall–Kier alpha value is -2.54. The minimum absolute atomic E-state index is 0.0829. The Balaban J connectivity index is 2.04. The van der Waals surface area contributed by atoms with Crippen molar-refractivity contribution in [1.82, 2.24) is 19.5 Å². The van der Waals surface area contributed by atoms with Gasteiger partial charge in [0.2, 0.25) is 0 Å². The lowest BCUT2D eigenvalue weighted by atomic mass is 10.1. The normalized spacial score (nSPS) is 29.0. The van der Waals surface area contributed by atoms with Gasteiger partial charge in [0.1, 0.15) is 24.0 Å². The van der Waals surface area contributed by atoms with Crippen LogP contribution in [0.4, 0.5) is 0 Å². The van der Waals surface area contributed by atoms with E-state index in [1.54, 1.807) is 0 Å². The highest BCUT2D eigenvalue weighted by atomic mass is 16.6.